The van der Waals surface area contributed by atoms with Crippen molar-refractivity contribution in [3.05, 3.63) is 63.6 Å². The van der Waals surface area contributed by atoms with Crippen molar-refractivity contribution >= 4 is 39.1 Å². The minimum atomic E-state index is -4.49. The van der Waals surface area contributed by atoms with E-state index in [1.807, 2.05) is 0 Å². The fourth-order valence-corrected chi connectivity index (χ4v) is 6.76. The summed E-state index contributed by atoms with van der Waals surface area (Å²) >= 11 is 12.1. The molecule has 0 saturated carbocycles. The molecule has 1 atom stereocenters. The molecule has 2 fully saturated rings. The van der Waals surface area contributed by atoms with Gasteiger partial charge in [-0.2, -0.15) is 17.5 Å². The smallest absolute Gasteiger partial charge is 0.319 e. The van der Waals surface area contributed by atoms with Crippen LogP contribution in [0.4, 0.5) is 13.2 Å². The van der Waals surface area contributed by atoms with Gasteiger partial charge in [0.05, 0.1) is 27.3 Å². The van der Waals surface area contributed by atoms with Crippen molar-refractivity contribution < 1.29 is 26.4 Å². The highest BCUT2D eigenvalue weighted by molar-refractivity contribution is 7.89. The van der Waals surface area contributed by atoms with Gasteiger partial charge < -0.3 is 4.90 Å². The Bertz CT molecular complexity index is 1220. The average molecular weight is 536 g/mol. The van der Waals surface area contributed by atoms with E-state index in [-0.39, 0.29) is 53.3 Å². The Labute approximate surface area is 205 Å². The van der Waals surface area contributed by atoms with Crippen LogP contribution in [0.25, 0.3) is 0 Å². The molecule has 2 saturated heterocycles. The molecule has 2 aromatic carbocycles. The Morgan fingerprint density at radius 1 is 1.12 bits per heavy atom. The first kappa shape index (κ1) is 25.2. The molecule has 0 bridgehead atoms. The van der Waals surface area contributed by atoms with Crippen LogP contribution in [0.2, 0.25) is 10.0 Å². The fraction of sp³-hybridized carbons (Fsp3) is 0.409. The van der Waals surface area contributed by atoms with E-state index in [1.165, 1.54) is 33.5 Å². The van der Waals surface area contributed by atoms with Gasteiger partial charge in [0, 0.05) is 19.6 Å². The molecule has 0 radical (unpaired) electrons. The van der Waals surface area contributed by atoms with Crippen LogP contribution in [0, 0.1) is 0 Å². The molecule has 34 heavy (non-hydrogen) atoms. The van der Waals surface area contributed by atoms with Crippen molar-refractivity contribution in [2.45, 2.75) is 49.1 Å². The lowest BCUT2D eigenvalue weighted by molar-refractivity contribution is -0.137. The van der Waals surface area contributed by atoms with Gasteiger partial charge in [0.15, 0.2) is 0 Å². The third-order valence-electron chi connectivity index (χ3n) is 6.32. The van der Waals surface area contributed by atoms with Crippen LogP contribution in [0.3, 0.4) is 0 Å². The molecule has 0 unspecified atom stereocenters. The first-order valence-electron chi connectivity index (χ1n) is 10.5. The number of nitrogens with zero attached hydrogens (tertiary/aromatic N) is 2. The number of carbonyl (C=O) groups is 1. The molecule has 2 heterocycles. The van der Waals surface area contributed by atoms with Crippen LogP contribution < -0.4 is 5.32 Å². The Morgan fingerprint density at radius 2 is 1.76 bits per heavy atom. The minimum absolute atomic E-state index is 0.0209. The second kappa shape index (κ2) is 8.98. The summed E-state index contributed by atoms with van der Waals surface area (Å²) in [5.41, 5.74) is -1.31. The largest absolute Gasteiger partial charge is 0.416 e. The van der Waals surface area contributed by atoms with Gasteiger partial charge in [-0.15, -0.1) is 0 Å². The van der Waals surface area contributed by atoms with Gasteiger partial charge in [-0.1, -0.05) is 41.4 Å². The van der Waals surface area contributed by atoms with Crippen molar-refractivity contribution in [2.24, 2.45) is 0 Å². The van der Waals surface area contributed by atoms with E-state index >= 15 is 0 Å². The van der Waals surface area contributed by atoms with E-state index in [1.54, 1.807) is 13.0 Å². The number of carbonyl (C=O) groups excluding carboxylic acids is 1. The molecule has 4 rings (SSSR count). The molecule has 2 aliphatic heterocycles. The first-order chi connectivity index (χ1) is 15.8. The molecule has 6 nitrogen and oxygen atoms in total. The summed E-state index contributed by atoms with van der Waals surface area (Å²) in [6, 6.07) is 8.70. The molecular formula is C22H22Cl2F3N3O3S. The molecule has 1 N–H and O–H groups in total. The third kappa shape index (κ3) is 4.54. The lowest BCUT2D eigenvalue weighted by Crippen LogP contribution is -2.59. The maximum atomic E-state index is 13.2. The quantitative estimate of drug-likeness (QED) is 0.625. The van der Waals surface area contributed by atoms with Gasteiger partial charge in [-0.05, 0) is 49.6 Å². The molecular weight excluding hydrogens is 514 g/mol. The SMILES string of the molecule is C[C@@H]1NC2(CCN(S(=O)(=O)c3cccc(Cl)c3Cl)CC2)N(Cc2cccc(C(F)(F)F)c2)C1=O. The number of alkyl halides is 3. The number of amides is 1. The lowest BCUT2D eigenvalue weighted by Gasteiger charge is -2.44. The van der Waals surface area contributed by atoms with Gasteiger partial charge >= 0.3 is 6.18 Å². The lowest BCUT2D eigenvalue weighted by atomic mass is 9.96. The average Bonchev–Trinajstić information content (AvgIpc) is 2.99. The predicted molar refractivity (Wildman–Crippen MR) is 122 cm³/mol. The summed E-state index contributed by atoms with van der Waals surface area (Å²) in [6.45, 7) is 1.85. The molecule has 12 heteroatoms. The van der Waals surface area contributed by atoms with Gasteiger partial charge in [0.25, 0.3) is 0 Å². The van der Waals surface area contributed by atoms with Crippen molar-refractivity contribution in [1.29, 1.82) is 0 Å². The highest BCUT2D eigenvalue weighted by Gasteiger charge is 2.51. The van der Waals surface area contributed by atoms with Gasteiger partial charge in [-0.3, -0.25) is 10.1 Å². The fourth-order valence-electron chi connectivity index (χ4n) is 4.58. The van der Waals surface area contributed by atoms with Crippen molar-refractivity contribution in [1.82, 2.24) is 14.5 Å². The van der Waals surface area contributed by atoms with Crippen LogP contribution >= 0.6 is 23.2 Å². The molecule has 2 aromatic rings. The van der Waals surface area contributed by atoms with E-state index in [9.17, 15) is 26.4 Å². The highest BCUT2D eigenvalue weighted by atomic mass is 35.5. The van der Waals surface area contributed by atoms with Gasteiger partial charge in [-0.25, -0.2) is 8.42 Å². The van der Waals surface area contributed by atoms with E-state index in [0.29, 0.717) is 5.56 Å². The van der Waals surface area contributed by atoms with Crippen LogP contribution in [-0.2, 0) is 27.5 Å². The number of benzene rings is 2. The molecule has 2 aliphatic rings. The zero-order chi connectivity index (χ0) is 24.9. The number of hydrogen-bond donors (Lipinski definition) is 1. The minimum Gasteiger partial charge on any atom is -0.319 e. The standard InChI is InChI=1S/C22H22Cl2F3N3O3S/c1-14-20(31)30(13-15-4-2-5-16(12-15)22(25,26)27)21(28-14)8-10-29(11-9-21)34(32,33)18-7-3-6-17(23)19(18)24/h2-7,12,14,28H,8-11,13H2,1H3/t14-/m0/s1. The highest BCUT2D eigenvalue weighted by Crippen LogP contribution is 2.38. The van der Waals surface area contributed by atoms with Gasteiger partial charge in [0.2, 0.25) is 15.9 Å². The Morgan fingerprint density at radius 3 is 2.41 bits per heavy atom. The van der Waals surface area contributed by atoms with E-state index < -0.39 is 33.5 Å². The second-order valence-electron chi connectivity index (χ2n) is 8.48. The second-order valence-corrected chi connectivity index (χ2v) is 11.2. The van der Waals surface area contributed by atoms with Crippen LogP contribution in [0.5, 0.6) is 0 Å². The maximum absolute atomic E-state index is 13.2. The zero-order valence-electron chi connectivity index (χ0n) is 18.1. The van der Waals surface area contributed by atoms with E-state index in [2.05, 4.69) is 5.32 Å². The Kier molecular flexibility index (Phi) is 6.67. The number of sulfonamides is 1. The van der Waals surface area contributed by atoms with Crippen molar-refractivity contribution in [2.75, 3.05) is 13.1 Å². The summed E-state index contributed by atoms with van der Waals surface area (Å²) in [5.74, 6) is -0.244. The van der Waals surface area contributed by atoms with Crippen LogP contribution in [0.15, 0.2) is 47.4 Å². The third-order valence-corrected chi connectivity index (χ3v) is 9.19. The number of halogens is 5. The molecule has 1 amide bonds. The van der Waals surface area contributed by atoms with Crippen LogP contribution in [0.1, 0.15) is 30.9 Å². The molecule has 0 aliphatic carbocycles. The van der Waals surface area contributed by atoms with Crippen LogP contribution in [-0.4, -0.2) is 48.3 Å². The topological polar surface area (TPSA) is 69.7 Å². The monoisotopic (exact) mass is 535 g/mol. The van der Waals surface area contributed by atoms with Crippen molar-refractivity contribution in [3.63, 3.8) is 0 Å². The zero-order valence-corrected chi connectivity index (χ0v) is 20.4. The summed E-state index contributed by atoms with van der Waals surface area (Å²) in [5, 5.41) is 3.32. The molecule has 0 aromatic heterocycles. The number of hydrogen-bond acceptors (Lipinski definition) is 4. The first-order valence-corrected chi connectivity index (χ1v) is 12.7. The summed E-state index contributed by atoms with van der Waals surface area (Å²) in [6.07, 6.45) is -3.96. The van der Waals surface area contributed by atoms with E-state index in [4.69, 9.17) is 23.2 Å². The Balaban J connectivity index is 1.56. The summed E-state index contributed by atoms with van der Waals surface area (Å²) < 4.78 is 67.1. The predicted octanol–water partition coefficient (Wildman–Crippen LogP) is 4.51. The maximum Gasteiger partial charge on any atom is 0.416 e. The normalized spacial score (nSPS) is 21.4. The number of rotatable bonds is 4. The number of piperidine rings is 1. The Hall–Kier alpha value is -1.85. The summed E-state index contributed by atoms with van der Waals surface area (Å²) in [7, 11) is -3.93. The summed E-state index contributed by atoms with van der Waals surface area (Å²) in [4.78, 5) is 14.4. The molecule has 184 valence electrons. The van der Waals surface area contributed by atoms with Crippen molar-refractivity contribution in [3.8, 4) is 0 Å². The van der Waals surface area contributed by atoms with Gasteiger partial charge in [0.1, 0.15) is 4.90 Å². The number of nitrogens with one attached hydrogen (secondary N) is 1. The molecule has 1 spiro atoms. The van der Waals surface area contributed by atoms with E-state index in [0.717, 1.165) is 12.1 Å².